The second-order valence-corrected chi connectivity index (χ2v) is 8.62. The SMILES string of the molecule is Cc1cc(CN(C)c2ncc(S(C)(=O)=O)c([C@@H]3CCCNC3)n2)n[nH]1. The predicted octanol–water partition coefficient (Wildman–Crippen LogP) is 1.02. The number of sulfone groups is 1. The molecule has 1 atom stereocenters. The Morgan fingerprint density at radius 3 is 2.80 bits per heavy atom. The molecule has 0 aliphatic carbocycles. The summed E-state index contributed by atoms with van der Waals surface area (Å²) in [5.74, 6) is 0.592. The van der Waals surface area contributed by atoms with Crippen molar-refractivity contribution in [2.24, 2.45) is 0 Å². The van der Waals surface area contributed by atoms with Crippen molar-refractivity contribution in [1.82, 2.24) is 25.5 Å². The molecule has 0 bridgehead atoms. The Kier molecular flexibility index (Phi) is 5.05. The molecule has 9 heteroatoms. The monoisotopic (exact) mass is 364 g/mol. The third kappa shape index (κ3) is 4.16. The van der Waals surface area contributed by atoms with E-state index in [0.717, 1.165) is 37.3 Å². The molecular formula is C16H24N6O2S. The lowest BCUT2D eigenvalue weighted by Gasteiger charge is -2.25. The van der Waals surface area contributed by atoms with Crippen LogP contribution in [-0.4, -0.2) is 55.0 Å². The minimum absolute atomic E-state index is 0.0845. The third-order valence-electron chi connectivity index (χ3n) is 4.35. The number of aryl methyl sites for hydroxylation is 1. The third-order valence-corrected chi connectivity index (χ3v) is 5.47. The zero-order valence-electron chi connectivity index (χ0n) is 14.8. The highest BCUT2D eigenvalue weighted by Crippen LogP contribution is 2.28. The maximum absolute atomic E-state index is 12.1. The van der Waals surface area contributed by atoms with Gasteiger partial charge in [0.25, 0.3) is 0 Å². The van der Waals surface area contributed by atoms with Crippen molar-refractivity contribution < 1.29 is 8.42 Å². The maximum Gasteiger partial charge on any atom is 0.225 e. The van der Waals surface area contributed by atoms with Crippen molar-refractivity contribution in [2.75, 3.05) is 31.3 Å². The van der Waals surface area contributed by atoms with Crippen molar-refractivity contribution in [3.63, 3.8) is 0 Å². The van der Waals surface area contributed by atoms with Gasteiger partial charge in [0.1, 0.15) is 4.90 Å². The van der Waals surface area contributed by atoms with Gasteiger partial charge in [-0.2, -0.15) is 5.10 Å². The lowest BCUT2D eigenvalue weighted by atomic mass is 9.96. The topological polar surface area (TPSA) is 104 Å². The summed E-state index contributed by atoms with van der Waals surface area (Å²) in [6, 6.07) is 1.97. The molecule has 0 spiro atoms. The molecule has 0 unspecified atom stereocenters. The molecule has 136 valence electrons. The number of rotatable bonds is 5. The fourth-order valence-electron chi connectivity index (χ4n) is 3.09. The zero-order chi connectivity index (χ0) is 18.0. The Morgan fingerprint density at radius 2 is 2.20 bits per heavy atom. The predicted molar refractivity (Wildman–Crippen MR) is 95.4 cm³/mol. The van der Waals surface area contributed by atoms with E-state index in [1.807, 2.05) is 24.9 Å². The molecule has 3 heterocycles. The first-order chi connectivity index (χ1) is 11.8. The summed E-state index contributed by atoms with van der Waals surface area (Å²) in [6.45, 7) is 4.19. The number of anilines is 1. The van der Waals surface area contributed by atoms with Gasteiger partial charge in [-0.1, -0.05) is 0 Å². The van der Waals surface area contributed by atoms with Gasteiger partial charge in [0, 0.05) is 31.5 Å². The van der Waals surface area contributed by atoms with Crippen LogP contribution in [0.15, 0.2) is 17.2 Å². The smallest absolute Gasteiger partial charge is 0.225 e. The van der Waals surface area contributed by atoms with Crippen molar-refractivity contribution >= 4 is 15.8 Å². The normalized spacial score (nSPS) is 18.3. The number of piperidine rings is 1. The van der Waals surface area contributed by atoms with Crippen LogP contribution in [0.25, 0.3) is 0 Å². The molecule has 0 aromatic carbocycles. The molecule has 1 aliphatic rings. The van der Waals surface area contributed by atoms with E-state index in [0.29, 0.717) is 18.2 Å². The van der Waals surface area contributed by atoms with E-state index in [4.69, 9.17) is 0 Å². The van der Waals surface area contributed by atoms with Crippen LogP contribution < -0.4 is 10.2 Å². The van der Waals surface area contributed by atoms with E-state index < -0.39 is 9.84 Å². The van der Waals surface area contributed by atoms with Crippen molar-refractivity contribution in [3.8, 4) is 0 Å². The maximum atomic E-state index is 12.1. The molecule has 0 amide bonds. The minimum atomic E-state index is -3.37. The van der Waals surface area contributed by atoms with Gasteiger partial charge in [0.2, 0.25) is 5.95 Å². The van der Waals surface area contributed by atoms with Gasteiger partial charge in [-0.05, 0) is 32.4 Å². The van der Waals surface area contributed by atoms with Crippen LogP contribution in [0.5, 0.6) is 0 Å². The number of H-pyrrole nitrogens is 1. The summed E-state index contributed by atoms with van der Waals surface area (Å²) >= 11 is 0. The summed E-state index contributed by atoms with van der Waals surface area (Å²) in [5, 5.41) is 10.5. The van der Waals surface area contributed by atoms with E-state index in [-0.39, 0.29) is 10.8 Å². The van der Waals surface area contributed by atoms with Crippen LogP contribution in [0.3, 0.4) is 0 Å². The van der Waals surface area contributed by atoms with Gasteiger partial charge >= 0.3 is 0 Å². The first-order valence-corrected chi connectivity index (χ1v) is 10.2. The Hall–Kier alpha value is -2.00. The summed E-state index contributed by atoms with van der Waals surface area (Å²) in [6.07, 6.45) is 4.58. The Bertz CT molecular complexity index is 842. The summed E-state index contributed by atoms with van der Waals surface area (Å²) in [4.78, 5) is 11.0. The molecule has 0 saturated carbocycles. The quantitative estimate of drug-likeness (QED) is 0.816. The molecule has 1 saturated heterocycles. The van der Waals surface area contributed by atoms with Gasteiger partial charge in [0.15, 0.2) is 9.84 Å². The van der Waals surface area contributed by atoms with Crippen molar-refractivity contribution in [3.05, 3.63) is 29.3 Å². The molecule has 1 fully saturated rings. The number of nitrogens with zero attached hydrogens (tertiary/aromatic N) is 4. The van der Waals surface area contributed by atoms with Crippen LogP contribution >= 0.6 is 0 Å². The lowest BCUT2D eigenvalue weighted by molar-refractivity contribution is 0.447. The second kappa shape index (κ2) is 7.09. The van der Waals surface area contributed by atoms with Crippen LogP contribution in [-0.2, 0) is 16.4 Å². The Labute approximate surface area is 148 Å². The molecule has 2 aromatic rings. The van der Waals surface area contributed by atoms with Crippen LogP contribution in [0.4, 0.5) is 5.95 Å². The van der Waals surface area contributed by atoms with Crippen LogP contribution in [0.2, 0.25) is 0 Å². The summed E-state index contributed by atoms with van der Waals surface area (Å²) in [5.41, 5.74) is 2.49. The average molecular weight is 364 g/mol. The average Bonchev–Trinajstić information content (AvgIpc) is 2.99. The number of aromatic nitrogens is 4. The number of aromatic amines is 1. The molecule has 3 rings (SSSR count). The molecule has 0 radical (unpaired) electrons. The fourth-order valence-corrected chi connectivity index (χ4v) is 3.93. The highest BCUT2D eigenvalue weighted by molar-refractivity contribution is 7.90. The summed E-state index contributed by atoms with van der Waals surface area (Å²) < 4.78 is 24.3. The highest BCUT2D eigenvalue weighted by Gasteiger charge is 2.26. The van der Waals surface area contributed by atoms with E-state index in [9.17, 15) is 8.42 Å². The molecule has 1 aliphatic heterocycles. The second-order valence-electron chi connectivity index (χ2n) is 6.63. The van der Waals surface area contributed by atoms with Gasteiger partial charge in [-0.25, -0.2) is 18.4 Å². The van der Waals surface area contributed by atoms with Crippen LogP contribution in [0.1, 0.15) is 35.8 Å². The standard InChI is InChI=1S/C16H24N6O2S/c1-11-7-13(21-20-11)10-22(2)16-18-9-14(25(3,23)24)15(19-16)12-5-4-6-17-8-12/h7,9,12,17H,4-6,8,10H2,1-3H3,(H,20,21)/t12-/m1/s1. The lowest BCUT2D eigenvalue weighted by Crippen LogP contribution is -2.30. The molecule has 2 N–H and O–H groups in total. The molecular weight excluding hydrogens is 340 g/mol. The van der Waals surface area contributed by atoms with Gasteiger partial charge < -0.3 is 10.2 Å². The molecule has 8 nitrogen and oxygen atoms in total. The van der Waals surface area contributed by atoms with E-state index in [1.54, 1.807) is 0 Å². The van der Waals surface area contributed by atoms with Crippen molar-refractivity contribution in [1.29, 1.82) is 0 Å². The van der Waals surface area contributed by atoms with E-state index >= 15 is 0 Å². The van der Waals surface area contributed by atoms with Crippen molar-refractivity contribution in [2.45, 2.75) is 37.1 Å². The number of hydrogen-bond acceptors (Lipinski definition) is 7. The number of nitrogens with one attached hydrogen (secondary N) is 2. The van der Waals surface area contributed by atoms with E-state index in [2.05, 4.69) is 25.5 Å². The zero-order valence-corrected chi connectivity index (χ0v) is 15.6. The first-order valence-electron chi connectivity index (χ1n) is 8.34. The molecule has 2 aromatic heterocycles. The highest BCUT2D eigenvalue weighted by atomic mass is 32.2. The van der Waals surface area contributed by atoms with Gasteiger partial charge in [0.05, 0.1) is 24.1 Å². The molecule has 25 heavy (non-hydrogen) atoms. The van der Waals surface area contributed by atoms with Crippen LogP contribution in [0, 0.1) is 6.92 Å². The fraction of sp³-hybridized carbons (Fsp3) is 0.562. The largest absolute Gasteiger partial charge is 0.338 e. The van der Waals surface area contributed by atoms with Gasteiger partial charge in [-0.15, -0.1) is 0 Å². The Morgan fingerprint density at radius 1 is 1.40 bits per heavy atom. The first kappa shape index (κ1) is 17.8. The minimum Gasteiger partial charge on any atom is -0.338 e. The number of hydrogen-bond donors (Lipinski definition) is 2. The van der Waals surface area contributed by atoms with Gasteiger partial charge in [-0.3, -0.25) is 5.10 Å². The van der Waals surface area contributed by atoms with E-state index in [1.165, 1.54) is 12.5 Å². The summed E-state index contributed by atoms with van der Waals surface area (Å²) in [7, 11) is -1.49. The Balaban J connectivity index is 1.92.